The normalized spacial score (nSPS) is 10.7. The number of anilines is 2. The molecule has 2 aromatic heterocycles. The number of aryl methyl sites for hydroxylation is 1. The summed E-state index contributed by atoms with van der Waals surface area (Å²) in [5.74, 6) is -0.574. The van der Waals surface area contributed by atoms with Crippen molar-refractivity contribution in [3.05, 3.63) is 53.7 Å². The number of benzene rings is 1. The molecule has 7 nitrogen and oxygen atoms in total. The van der Waals surface area contributed by atoms with Crippen molar-refractivity contribution in [2.45, 2.75) is 6.92 Å². The Labute approximate surface area is 144 Å². The van der Waals surface area contributed by atoms with Crippen LogP contribution in [0.2, 0.25) is 0 Å². The van der Waals surface area contributed by atoms with Crippen LogP contribution in [0.25, 0.3) is 11.0 Å². The highest BCUT2D eigenvalue weighted by Crippen LogP contribution is 2.24. The molecule has 1 amide bonds. The zero-order valence-electron chi connectivity index (χ0n) is 14.1. The first-order valence-corrected chi connectivity index (χ1v) is 7.67. The van der Waals surface area contributed by atoms with Gasteiger partial charge in [-0.3, -0.25) is 4.57 Å². The van der Waals surface area contributed by atoms with Crippen LogP contribution in [0.1, 0.15) is 15.9 Å². The maximum absolute atomic E-state index is 12.3. The van der Waals surface area contributed by atoms with Gasteiger partial charge in [0.1, 0.15) is 5.82 Å². The third-order valence-corrected chi connectivity index (χ3v) is 3.79. The predicted molar refractivity (Wildman–Crippen MR) is 95.6 cm³/mol. The molecule has 2 N–H and O–H groups in total. The van der Waals surface area contributed by atoms with Gasteiger partial charge in [0.25, 0.3) is 0 Å². The molecule has 0 atom stereocenters. The highest BCUT2D eigenvalue weighted by molar-refractivity contribution is 6.05. The summed E-state index contributed by atoms with van der Waals surface area (Å²) in [7, 11) is 3.20. The first-order chi connectivity index (χ1) is 11.9. The number of amides is 1. The number of carboxylic acids is 1. The lowest BCUT2D eigenvalue weighted by molar-refractivity contribution is 0.0699. The monoisotopic (exact) mass is 338 g/mol. The Morgan fingerprint density at radius 2 is 1.80 bits per heavy atom. The minimum atomic E-state index is -1.10. The molecule has 7 heteroatoms. The number of fused-ring (bicyclic) bond motifs is 1. The highest BCUT2D eigenvalue weighted by Gasteiger charge is 2.20. The van der Waals surface area contributed by atoms with Gasteiger partial charge in [-0.05, 0) is 31.2 Å². The van der Waals surface area contributed by atoms with Crippen molar-refractivity contribution in [2.75, 3.05) is 19.4 Å². The van der Waals surface area contributed by atoms with Gasteiger partial charge in [0.05, 0.1) is 5.56 Å². The first-order valence-electron chi connectivity index (χ1n) is 7.67. The molecule has 0 saturated heterocycles. The molecule has 0 unspecified atom stereocenters. The molecule has 0 aliphatic rings. The maximum Gasteiger partial charge on any atom is 0.337 e. The average Bonchev–Trinajstić information content (AvgIpc) is 2.95. The van der Waals surface area contributed by atoms with Crippen LogP contribution in [0.15, 0.2) is 42.6 Å². The van der Waals surface area contributed by atoms with E-state index in [0.717, 1.165) is 11.3 Å². The summed E-state index contributed by atoms with van der Waals surface area (Å²) in [6, 6.07) is 10.8. The Hall–Kier alpha value is -3.35. The van der Waals surface area contributed by atoms with Gasteiger partial charge in [-0.1, -0.05) is 17.7 Å². The van der Waals surface area contributed by atoms with Gasteiger partial charge in [0.2, 0.25) is 0 Å². The van der Waals surface area contributed by atoms with E-state index in [4.69, 9.17) is 0 Å². The van der Waals surface area contributed by atoms with E-state index in [1.807, 2.05) is 31.2 Å². The van der Waals surface area contributed by atoms with Crippen molar-refractivity contribution in [3.63, 3.8) is 0 Å². The van der Waals surface area contributed by atoms with Crippen LogP contribution in [0.4, 0.5) is 16.3 Å². The number of nitrogens with one attached hydrogen (secondary N) is 1. The number of carbonyl (C=O) groups is 2. The van der Waals surface area contributed by atoms with Crippen molar-refractivity contribution < 1.29 is 14.7 Å². The van der Waals surface area contributed by atoms with Gasteiger partial charge in [-0.2, -0.15) is 0 Å². The fourth-order valence-electron chi connectivity index (χ4n) is 2.49. The van der Waals surface area contributed by atoms with Gasteiger partial charge in [0, 0.05) is 31.4 Å². The van der Waals surface area contributed by atoms with E-state index < -0.39 is 5.97 Å². The van der Waals surface area contributed by atoms with Gasteiger partial charge >= 0.3 is 12.0 Å². The second kappa shape index (κ2) is 6.27. The third kappa shape index (κ3) is 3.16. The van der Waals surface area contributed by atoms with Crippen LogP contribution in [0, 0.1) is 6.92 Å². The molecule has 0 spiro atoms. The van der Waals surface area contributed by atoms with Crippen molar-refractivity contribution in [1.82, 2.24) is 14.5 Å². The first kappa shape index (κ1) is 16.5. The van der Waals surface area contributed by atoms with E-state index in [0.29, 0.717) is 16.9 Å². The second-order valence-corrected chi connectivity index (χ2v) is 5.95. The molecule has 0 aliphatic carbocycles. The third-order valence-electron chi connectivity index (χ3n) is 3.79. The predicted octanol–water partition coefficient (Wildman–Crippen LogP) is 3.32. The Morgan fingerprint density at radius 3 is 2.40 bits per heavy atom. The number of aromatic nitrogens is 2. The molecule has 0 radical (unpaired) electrons. The van der Waals surface area contributed by atoms with E-state index >= 15 is 0 Å². The summed E-state index contributed by atoms with van der Waals surface area (Å²) in [4.78, 5) is 29.6. The molecule has 0 aliphatic heterocycles. The van der Waals surface area contributed by atoms with E-state index in [1.54, 1.807) is 26.2 Å². The van der Waals surface area contributed by atoms with Gasteiger partial charge in [0.15, 0.2) is 5.65 Å². The minimum absolute atomic E-state index is 0.0413. The Morgan fingerprint density at radius 1 is 1.12 bits per heavy atom. The van der Waals surface area contributed by atoms with E-state index in [9.17, 15) is 14.7 Å². The lowest BCUT2D eigenvalue weighted by Gasteiger charge is -2.12. The van der Waals surface area contributed by atoms with E-state index in [1.165, 1.54) is 15.7 Å². The molecule has 3 rings (SSSR count). The average molecular weight is 338 g/mol. The minimum Gasteiger partial charge on any atom is -0.478 e. The Bertz CT molecular complexity index is 958. The van der Waals surface area contributed by atoms with Crippen molar-refractivity contribution in [2.24, 2.45) is 0 Å². The number of carbonyl (C=O) groups excluding carboxylic acids is 1. The zero-order valence-corrected chi connectivity index (χ0v) is 14.1. The number of rotatable bonds is 3. The van der Waals surface area contributed by atoms with Crippen LogP contribution < -0.4 is 5.32 Å². The molecular formula is C18H18N4O3. The van der Waals surface area contributed by atoms with Crippen LogP contribution in [0.5, 0.6) is 0 Å². The number of hydrogen-bond donors (Lipinski definition) is 2. The van der Waals surface area contributed by atoms with Crippen molar-refractivity contribution in [3.8, 4) is 0 Å². The molecule has 0 bridgehead atoms. The zero-order chi connectivity index (χ0) is 18.1. The van der Waals surface area contributed by atoms with E-state index in [2.05, 4.69) is 10.3 Å². The molecule has 25 heavy (non-hydrogen) atoms. The van der Waals surface area contributed by atoms with Crippen LogP contribution in [-0.2, 0) is 0 Å². The van der Waals surface area contributed by atoms with Gasteiger partial charge in [-0.15, -0.1) is 0 Å². The quantitative estimate of drug-likeness (QED) is 0.765. The summed E-state index contributed by atoms with van der Waals surface area (Å²) in [5.41, 5.74) is 2.34. The molecule has 1 aromatic carbocycles. The fraction of sp³-hybridized carbons (Fsp3) is 0.167. The maximum atomic E-state index is 12.3. The summed E-state index contributed by atoms with van der Waals surface area (Å²) < 4.78 is 1.25. The van der Waals surface area contributed by atoms with Crippen LogP contribution in [-0.4, -0.2) is 45.7 Å². The van der Waals surface area contributed by atoms with Crippen LogP contribution in [0.3, 0.4) is 0 Å². The topological polar surface area (TPSA) is 87.5 Å². The largest absolute Gasteiger partial charge is 0.478 e. The molecule has 128 valence electrons. The van der Waals surface area contributed by atoms with Gasteiger partial charge < -0.3 is 15.3 Å². The lowest BCUT2D eigenvalue weighted by Crippen LogP contribution is -2.26. The number of carboxylic acid groups (broad SMARTS) is 1. The van der Waals surface area contributed by atoms with Crippen LogP contribution >= 0.6 is 0 Å². The summed E-state index contributed by atoms with van der Waals surface area (Å²) in [5, 5.41) is 12.9. The molecular weight excluding hydrogens is 320 g/mol. The summed E-state index contributed by atoms with van der Waals surface area (Å²) in [6.07, 6.45) is 1.30. The number of hydrogen-bond acceptors (Lipinski definition) is 4. The number of aromatic carboxylic acids is 1. The summed E-state index contributed by atoms with van der Waals surface area (Å²) >= 11 is 0. The molecule has 2 heterocycles. The molecule has 3 aromatic rings. The standard InChI is InChI=1S/C18H18N4O3/c1-11-4-6-12(7-5-11)19-15-9-8-13-14(17(23)24)10-22(16(13)20-15)18(25)21(2)3/h4-10H,1-3H3,(H,19,20)(H,23,24). The smallest absolute Gasteiger partial charge is 0.337 e. The van der Waals surface area contributed by atoms with Crippen molar-refractivity contribution >= 4 is 34.5 Å². The fourth-order valence-corrected chi connectivity index (χ4v) is 2.49. The van der Waals surface area contributed by atoms with Crippen molar-refractivity contribution in [1.29, 1.82) is 0 Å². The second-order valence-electron chi connectivity index (χ2n) is 5.95. The molecule has 0 fully saturated rings. The number of nitrogens with zero attached hydrogens (tertiary/aromatic N) is 3. The Kier molecular flexibility index (Phi) is 4.14. The SMILES string of the molecule is Cc1ccc(Nc2ccc3c(C(=O)O)cn(C(=O)N(C)C)c3n2)cc1. The van der Waals surface area contributed by atoms with E-state index in [-0.39, 0.29) is 11.6 Å². The molecule has 0 saturated carbocycles. The number of pyridine rings is 1. The lowest BCUT2D eigenvalue weighted by atomic mass is 10.2. The highest BCUT2D eigenvalue weighted by atomic mass is 16.4. The summed E-state index contributed by atoms with van der Waals surface area (Å²) in [6.45, 7) is 2.00. The Balaban J connectivity index is 2.08. The van der Waals surface area contributed by atoms with Gasteiger partial charge in [-0.25, -0.2) is 14.6 Å².